The fourth-order valence-corrected chi connectivity index (χ4v) is 5.27. The van der Waals surface area contributed by atoms with Crippen LogP contribution >= 0.6 is 0 Å². The number of hydrogen-bond donors (Lipinski definition) is 2. The molecule has 5 atom stereocenters. The summed E-state index contributed by atoms with van der Waals surface area (Å²) >= 11 is 0. The molecule has 0 spiro atoms. The van der Waals surface area contributed by atoms with Crippen LogP contribution in [0.2, 0.25) is 0 Å². The van der Waals surface area contributed by atoms with E-state index in [1.807, 2.05) is 41.5 Å². The first-order valence-corrected chi connectivity index (χ1v) is 13.4. The highest BCUT2D eigenvalue weighted by Gasteiger charge is 2.70. The summed E-state index contributed by atoms with van der Waals surface area (Å²) in [5.41, 5.74) is -1.69. The smallest absolute Gasteiger partial charge is 0.410 e. The fraction of sp³-hybridized carbons (Fsp3) is 0.857. The van der Waals surface area contributed by atoms with Crippen LogP contribution in [0.4, 0.5) is 9.59 Å². The number of fused-ring (bicyclic) bond motifs is 1. The summed E-state index contributed by atoms with van der Waals surface area (Å²) in [5.74, 6) is -0.462. The van der Waals surface area contributed by atoms with Gasteiger partial charge in [-0.3, -0.25) is 4.79 Å². The third-order valence-corrected chi connectivity index (χ3v) is 7.83. The number of rotatable bonds is 6. The van der Waals surface area contributed by atoms with Crippen molar-refractivity contribution >= 4 is 24.0 Å². The number of amides is 4. The molecule has 2 unspecified atom stereocenters. The highest BCUT2D eigenvalue weighted by Crippen LogP contribution is 2.65. The number of urea groups is 1. The van der Waals surface area contributed by atoms with Crippen LogP contribution in [0, 0.1) is 28.1 Å². The normalized spacial score (nSPS) is 24.0. The predicted molar refractivity (Wildman–Crippen MR) is 145 cm³/mol. The van der Waals surface area contributed by atoms with Crippen molar-refractivity contribution in [3.63, 3.8) is 0 Å². The molecule has 2 fully saturated rings. The zero-order valence-corrected chi connectivity index (χ0v) is 25.6. The van der Waals surface area contributed by atoms with Gasteiger partial charge in [-0.05, 0) is 42.9 Å². The molecule has 0 aromatic rings. The summed E-state index contributed by atoms with van der Waals surface area (Å²) in [7, 11) is 2.96. The van der Waals surface area contributed by atoms with Crippen LogP contribution in [-0.2, 0) is 19.1 Å². The molecule has 10 heteroatoms. The van der Waals surface area contributed by atoms with Crippen molar-refractivity contribution in [3.05, 3.63) is 0 Å². The van der Waals surface area contributed by atoms with Gasteiger partial charge in [0.15, 0.2) is 0 Å². The lowest BCUT2D eigenvalue weighted by Gasteiger charge is -2.38. The average Bonchev–Trinajstić information content (AvgIpc) is 3.07. The Morgan fingerprint density at radius 3 is 1.97 bits per heavy atom. The molecule has 218 valence electrons. The topological polar surface area (TPSA) is 117 Å². The van der Waals surface area contributed by atoms with Crippen LogP contribution in [0.5, 0.6) is 0 Å². The highest BCUT2D eigenvalue weighted by atomic mass is 16.6. The van der Waals surface area contributed by atoms with Gasteiger partial charge >= 0.3 is 18.1 Å². The van der Waals surface area contributed by atoms with Crippen molar-refractivity contribution in [3.8, 4) is 0 Å². The Labute approximate surface area is 228 Å². The zero-order valence-electron chi connectivity index (χ0n) is 25.6. The zero-order chi connectivity index (χ0) is 29.6. The Morgan fingerprint density at radius 2 is 1.53 bits per heavy atom. The van der Waals surface area contributed by atoms with Crippen molar-refractivity contribution in [1.29, 1.82) is 0 Å². The number of methoxy groups -OCH3 is 1. The first kappa shape index (κ1) is 31.7. The van der Waals surface area contributed by atoms with E-state index in [1.165, 1.54) is 12.0 Å². The SMILES string of the molecule is COC(=O)[C@@H]1C2C(CN1C(=O)[C@@H](NC(=O)N[C@H](CN(C)C(=O)OC(C)(C)C)C(C)(C)C)C(C)(C)C)C2(C)C. The lowest BCUT2D eigenvalue weighted by atomic mass is 9.85. The van der Waals surface area contributed by atoms with Gasteiger partial charge < -0.3 is 29.9 Å². The maximum atomic E-state index is 13.8. The van der Waals surface area contributed by atoms with Gasteiger partial charge in [0, 0.05) is 26.1 Å². The molecule has 10 nitrogen and oxygen atoms in total. The number of nitrogens with zero attached hydrogens (tertiary/aromatic N) is 2. The number of carbonyl (C=O) groups is 4. The Hall–Kier alpha value is -2.52. The van der Waals surface area contributed by atoms with Gasteiger partial charge in [0.1, 0.15) is 17.7 Å². The molecule has 0 bridgehead atoms. The van der Waals surface area contributed by atoms with Gasteiger partial charge in [-0.1, -0.05) is 55.4 Å². The van der Waals surface area contributed by atoms with Crippen LogP contribution < -0.4 is 10.6 Å². The van der Waals surface area contributed by atoms with Crippen molar-refractivity contribution < 1.29 is 28.7 Å². The minimum Gasteiger partial charge on any atom is -0.467 e. The van der Waals surface area contributed by atoms with Gasteiger partial charge in [-0.25, -0.2) is 14.4 Å². The first-order valence-electron chi connectivity index (χ1n) is 13.4. The summed E-state index contributed by atoms with van der Waals surface area (Å²) in [5, 5.41) is 5.84. The third kappa shape index (κ3) is 7.11. The predicted octanol–water partition coefficient (Wildman–Crippen LogP) is 3.64. The monoisotopic (exact) mass is 538 g/mol. The van der Waals surface area contributed by atoms with Crippen LogP contribution in [0.25, 0.3) is 0 Å². The second-order valence-corrected chi connectivity index (χ2v) is 14.6. The Balaban J connectivity index is 2.19. The number of piperidine rings is 1. The van der Waals surface area contributed by atoms with E-state index in [9.17, 15) is 19.2 Å². The molecule has 4 amide bonds. The molecule has 0 aromatic heterocycles. The lowest BCUT2D eigenvalue weighted by molar-refractivity contribution is -0.154. The van der Waals surface area contributed by atoms with Gasteiger partial charge in [0.2, 0.25) is 5.91 Å². The van der Waals surface area contributed by atoms with Crippen molar-refractivity contribution in [2.75, 3.05) is 27.2 Å². The quantitative estimate of drug-likeness (QED) is 0.499. The number of likely N-dealkylation sites (N-methyl/N-ethyl adjacent to an activating group) is 1. The van der Waals surface area contributed by atoms with Crippen molar-refractivity contribution in [1.82, 2.24) is 20.4 Å². The summed E-state index contributed by atoms with van der Waals surface area (Å²) in [6.45, 7) is 21.8. The molecule has 1 saturated carbocycles. The second kappa shape index (κ2) is 10.6. The number of likely N-dealkylation sites (tertiary alicyclic amines) is 1. The van der Waals surface area contributed by atoms with Gasteiger partial charge in [-0.15, -0.1) is 0 Å². The number of esters is 1. The Kier molecular flexibility index (Phi) is 8.81. The average molecular weight is 539 g/mol. The molecular weight excluding hydrogens is 488 g/mol. The van der Waals surface area contributed by atoms with Crippen LogP contribution in [0.3, 0.4) is 0 Å². The second-order valence-electron chi connectivity index (χ2n) is 14.6. The molecule has 0 radical (unpaired) electrons. The molecule has 1 aliphatic heterocycles. The van der Waals surface area contributed by atoms with Crippen molar-refractivity contribution in [2.45, 2.75) is 99.9 Å². The number of ether oxygens (including phenoxy) is 2. The van der Waals surface area contributed by atoms with Gasteiger partial charge in [0.05, 0.1) is 13.2 Å². The van der Waals surface area contributed by atoms with E-state index in [-0.39, 0.29) is 29.7 Å². The van der Waals surface area contributed by atoms with E-state index in [0.717, 1.165) is 0 Å². The van der Waals surface area contributed by atoms with Crippen LogP contribution in [-0.4, -0.2) is 84.8 Å². The fourth-order valence-electron chi connectivity index (χ4n) is 5.27. The molecule has 0 aromatic carbocycles. The van der Waals surface area contributed by atoms with Gasteiger partial charge in [-0.2, -0.15) is 0 Å². The number of hydrogen-bond acceptors (Lipinski definition) is 6. The largest absolute Gasteiger partial charge is 0.467 e. The molecule has 2 N–H and O–H groups in total. The number of nitrogens with one attached hydrogen (secondary N) is 2. The molecule has 2 aliphatic rings. The third-order valence-electron chi connectivity index (χ3n) is 7.83. The summed E-state index contributed by atoms with van der Waals surface area (Å²) in [6, 6.07) is -2.49. The minimum absolute atomic E-state index is 0.0300. The van der Waals surface area contributed by atoms with E-state index in [1.54, 1.807) is 32.7 Å². The summed E-state index contributed by atoms with van der Waals surface area (Å²) in [4.78, 5) is 55.3. The van der Waals surface area contributed by atoms with E-state index in [0.29, 0.717) is 6.54 Å². The highest BCUT2D eigenvalue weighted by molar-refractivity contribution is 5.92. The summed E-state index contributed by atoms with van der Waals surface area (Å²) in [6.07, 6.45) is -0.485. The molecular formula is C28H50N4O6. The van der Waals surface area contributed by atoms with Crippen molar-refractivity contribution in [2.24, 2.45) is 28.1 Å². The van der Waals surface area contributed by atoms with E-state index >= 15 is 0 Å². The molecule has 1 aliphatic carbocycles. The molecule has 1 heterocycles. The van der Waals surface area contributed by atoms with E-state index in [4.69, 9.17) is 9.47 Å². The lowest BCUT2D eigenvalue weighted by Crippen LogP contribution is -2.61. The number of carbonyl (C=O) groups excluding carboxylic acids is 4. The maximum Gasteiger partial charge on any atom is 0.410 e. The Bertz CT molecular complexity index is 927. The molecule has 2 rings (SSSR count). The molecule has 38 heavy (non-hydrogen) atoms. The van der Waals surface area contributed by atoms with E-state index in [2.05, 4.69) is 24.5 Å². The molecule has 1 saturated heterocycles. The van der Waals surface area contributed by atoms with Gasteiger partial charge in [0.25, 0.3) is 0 Å². The van der Waals surface area contributed by atoms with Crippen LogP contribution in [0.1, 0.15) is 76.2 Å². The summed E-state index contributed by atoms with van der Waals surface area (Å²) < 4.78 is 10.5. The minimum atomic E-state index is -0.875. The standard InChI is InChI=1S/C28H50N4O6/c1-25(2,3)17(15-31(12)24(36)38-27(7,8)9)29-23(35)30-20(26(4,5)6)21(33)32-14-16-18(28(16,10)11)19(32)22(34)37-13/h16-20H,14-15H2,1-13H3,(H2,29,30,35)/t16?,17-,18?,19+,20-/m1/s1. The first-order chi connectivity index (χ1) is 17.0. The maximum absolute atomic E-state index is 13.8. The Morgan fingerprint density at radius 1 is 0.974 bits per heavy atom. The van der Waals surface area contributed by atoms with E-state index < -0.39 is 52.7 Å². The van der Waals surface area contributed by atoms with Crippen LogP contribution in [0.15, 0.2) is 0 Å².